The topological polar surface area (TPSA) is 59.9 Å². The summed E-state index contributed by atoms with van der Waals surface area (Å²) < 4.78 is 6.89. The van der Waals surface area contributed by atoms with E-state index in [1.807, 2.05) is 44.3 Å². The summed E-state index contributed by atoms with van der Waals surface area (Å²) in [6.45, 7) is 20.1. The van der Waals surface area contributed by atoms with E-state index >= 15 is 0 Å². The van der Waals surface area contributed by atoms with Gasteiger partial charge < -0.3 is 10.1 Å². The van der Waals surface area contributed by atoms with Crippen LogP contribution < -0.4 is 10.1 Å². The van der Waals surface area contributed by atoms with Crippen molar-refractivity contribution < 1.29 is 4.74 Å². The number of nitrogens with one attached hydrogen (secondary N) is 1. The Morgan fingerprint density at radius 2 is 1.26 bits per heavy atom. The van der Waals surface area contributed by atoms with Gasteiger partial charge in [-0.2, -0.15) is 0 Å². The summed E-state index contributed by atoms with van der Waals surface area (Å²) in [5, 5.41) is 3.36. The molecule has 298 valence electrons. The highest BCUT2D eigenvalue weighted by molar-refractivity contribution is 5.90. The van der Waals surface area contributed by atoms with E-state index < -0.39 is 5.41 Å². The minimum Gasteiger partial charge on any atom is -0.457 e. The lowest BCUT2D eigenvalue weighted by Gasteiger charge is -2.40. The van der Waals surface area contributed by atoms with Crippen LogP contribution in [-0.2, 0) is 11.8 Å². The molecule has 1 N–H and O–H groups in total. The summed E-state index contributed by atoms with van der Waals surface area (Å²) in [4.78, 5) is 14.8. The van der Waals surface area contributed by atoms with Crippen LogP contribution >= 0.6 is 0 Å². The standard InChI is InChI=1S/C56H48N4O/c1-8-13-21-37(6)53-58-54(39(12-5)18-9-2)60-55(59-53)43-31-33-52-49(36-43)56(46-24-16-14-22-44(46)45-23-15-17-25-47(45)56)48-35-41(30-32-51(48)61-52)40-28-26-38(27-29-40)34-42(19-10-3)50(57-7)20-11-4/h8-33,35-36,57H,1-2,5-6,34H2,3-4,7H3/b19-10-,20-11-,21-13-,39-18+,50-42+. The number of rotatable bonds is 13. The highest BCUT2D eigenvalue weighted by Crippen LogP contribution is 2.62. The van der Waals surface area contributed by atoms with E-state index in [0.717, 1.165) is 57.0 Å². The molecule has 0 saturated heterocycles. The number of benzene rings is 5. The van der Waals surface area contributed by atoms with Crippen LogP contribution in [0.2, 0.25) is 0 Å². The summed E-state index contributed by atoms with van der Waals surface area (Å²) in [6, 6.07) is 39.3. The van der Waals surface area contributed by atoms with Gasteiger partial charge in [0.25, 0.3) is 0 Å². The van der Waals surface area contributed by atoms with E-state index in [1.54, 1.807) is 18.2 Å². The van der Waals surface area contributed by atoms with Crippen LogP contribution in [0, 0.1) is 0 Å². The predicted molar refractivity (Wildman–Crippen MR) is 254 cm³/mol. The number of nitrogens with zero attached hydrogens (tertiary/aromatic N) is 3. The zero-order chi connectivity index (χ0) is 42.5. The molecule has 1 aliphatic carbocycles. The lowest BCUT2D eigenvalue weighted by Crippen LogP contribution is -2.32. The minimum absolute atomic E-state index is 0.450. The Bertz CT molecular complexity index is 2840. The van der Waals surface area contributed by atoms with E-state index in [4.69, 9.17) is 19.7 Å². The number of aromatic nitrogens is 3. The van der Waals surface area contributed by atoms with Crippen LogP contribution in [0.1, 0.15) is 53.3 Å². The number of ether oxygens (including phenoxy) is 1. The Labute approximate surface area is 359 Å². The third-order valence-electron chi connectivity index (χ3n) is 11.3. The number of fused-ring (bicyclic) bond motifs is 9. The van der Waals surface area contributed by atoms with E-state index in [1.165, 1.54) is 33.4 Å². The Kier molecular flexibility index (Phi) is 11.4. The fourth-order valence-corrected chi connectivity index (χ4v) is 8.62. The van der Waals surface area contributed by atoms with Gasteiger partial charge >= 0.3 is 0 Å². The molecule has 0 atom stereocenters. The molecule has 0 saturated carbocycles. The Balaban J connectivity index is 1.32. The molecule has 2 heterocycles. The average Bonchev–Trinajstić information content (AvgIpc) is 3.59. The third-order valence-corrected chi connectivity index (χ3v) is 11.3. The van der Waals surface area contributed by atoms with Crippen LogP contribution in [0.25, 0.3) is 44.8 Å². The monoisotopic (exact) mass is 792 g/mol. The molecular weight excluding hydrogens is 745 g/mol. The zero-order valence-corrected chi connectivity index (χ0v) is 35.0. The van der Waals surface area contributed by atoms with Crippen molar-refractivity contribution in [3.05, 3.63) is 247 Å². The first-order valence-electron chi connectivity index (χ1n) is 20.5. The maximum absolute atomic E-state index is 6.89. The molecule has 1 spiro atoms. The van der Waals surface area contributed by atoms with Gasteiger partial charge in [0.2, 0.25) is 0 Å². The molecule has 0 fully saturated rings. The van der Waals surface area contributed by atoms with Crippen molar-refractivity contribution in [1.29, 1.82) is 0 Å². The molecule has 6 aromatic rings. The first-order chi connectivity index (χ1) is 29.9. The number of likely N-dealkylation sites (N-methyl/N-ethyl adjacent to an activating group) is 1. The second-order valence-corrected chi connectivity index (χ2v) is 14.9. The van der Waals surface area contributed by atoms with E-state index in [9.17, 15) is 0 Å². The molecule has 5 aromatic carbocycles. The van der Waals surface area contributed by atoms with Crippen molar-refractivity contribution >= 4 is 11.1 Å². The van der Waals surface area contributed by atoms with Gasteiger partial charge in [-0.15, -0.1) is 0 Å². The van der Waals surface area contributed by atoms with Crippen LogP contribution in [0.3, 0.4) is 0 Å². The van der Waals surface area contributed by atoms with Gasteiger partial charge in [0.15, 0.2) is 17.5 Å². The maximum atomic E-state index is 6.89. The number of hydrogen-bond donors (Lipinski definition) is 1. The molecule has 0 unspecified atom stereocenters. The van der Waals surface area contributed by atoms with Gasteiger partial charge in [-0.25, -0.2) is 15.0 Å². The summed E-state index contributed by atoms with van der Waals surface area (Å²) >= 11 is 0. The molecule has 8 rings (SSSR count). The van der Waals surface area contributed by atoms with Crippen molar-refractivity contribution in [3.8, 4) is 45.1 Å². The number of allylic oxidation sites excluding steroid dienone is 13. The zero-order valence-electron chi connectivity index (χ0n) is 35.0. The largest absolute Gasteiger partial charge is 0.457 e. The van der Waals surface area contributed by atoms with E-state index in [0.29, 0.717) is 23.0 Å². The molecule has 0 radical (unpaired) electrons. The SMILES string of the molecule is C=C/C=C\C(=C)c1nc(/C(C=C)=C/C=C)nc(-c2ccc3c(c2)C2(c4cc(-c5ccc(CC(/C=C\C)=C(\C=C/C)NC)cc5)ccc4O3)c3ccccc3-c3ccccc32)n1. The van der Waals surface area contributed by atoms with Gasteiger partial charge in [0.05, 0.1) is 5.41 Å². The molecule has 0 amide bonds. The fraction of sp³-hybridized carbons (Fsp3) is 0.0893. The van der Waals surface area contributed by atoms with Crippen molar-refractivity contribution in [2.24, 2.45) is 0 Å². The van der Waals surface area contributed by atoms with Crippen molar-refractivity contribution in [1.82, 2.24) is 20.3 Å². The molecule has 1 aromatic heterocycles. The fourth-order valence-electron chi connectivity index (χ4n) is 8.62. The maximum Gasteiger partial charge on any atom is 0.164 e. The van der Waals surface area contributed by atoms with Crippen LogP contribution in [0.5, 0.6) is 11.5 Å². The minimum atomic E-state index is -0.714. The Hall–Kier alpha value is -7.63. The van der Waals surface area contributed by atoms with E-state index in [2.05, 4.69) is 160 Å². The summed E-state index contributed by atoms with van der Waals surface area (Å²) in [6.07, 6.45) is 19.9. The van der Waals surface area contributed by atoms with Crippen molar-refractivity contribution in [2.75, 3.05) is 7.05 Å². The van der Waals surface area contributed by atoms with E-state index in [-0.39, 0.29) is 0 Å². The molecular formula is C56H48N4O. The van der Waals surface area contributed by atoms with Crippen molar-refractivity contribution in [2.45, 2.75) is 25.7 Å². The molecule has 0 bridgehead atoms. The lowest BCUT2D eigenvalue weighted by molar-refractivity contribution is 0.436. The normalized spacial score (nSPS) is 13.9. The van der Waals surface area contributed by atoms with Gasteiger partial charge in [-0.1, -0.05) is 160 Å². The average molecular weight is 793 g/mol. The molecule has 5 nitrogen and oxygen atoms in total. The highest BCUT2D eigenvalue weighted by atomic mass is 16.5. The second kappa shape index (κ2) is 17.3. The van der Waals surface area contributed by atoms with Crippen LogP contribution in [0.4, 0.5) is 0 Å². The molecule has 2 aliphatic rings. The second-order valence-electron chi connectivity index (χ2n) is 14.9. The van der Waals surface area contributed by atoms with Crippen LogP contribution in [-0.4, -0.2) is 22.0 Å². The third kappa shape index (κ3) is 7.25. The quantitative estimate of drug-likeness (QED) is 0.118. The summed E-state index contributed by atoms with van der Waals surface area (Å²) in [7, 11) is 1.97. The van der Waals surface area contributed by atoms with Crippen LogP contribution in [0.15, 0.2) is 208 Å². The lowest BCUT2D eigenvalue weighted by atomic mass is 9.65. The predicted octanol–water partition coefficient (Wildman–Crippen LogP) is 13.4. The van der Waals surface area contributed by atoms with Gasteiger partial charge in [-0.3, -0.25) is 0 Å². The van der Waals surface area contributed by atoms with Crippen molar-refractivity contribution in [3.63, 3.8) is 0 Å². The first kappa shape index (κ1) is 40.2. The Morgan fingerprint density at radius 1 is 0.656 bits per heavy atom. The molecule has 5 heteroatoms. The molecule has 1 aliphatic heterocycles. The first-order valence-corrected chi connectivity index (χ1v) is 20.5. The number of hydrogen-bond acceptors (Lipinski definition) is 5. The molecule has 61 heavy (non-hydrogen) atoms. The van der Waals surface area contributed by atoms with Gasteiger partial charge in [-0.05, 0) is 101 Å². The van der Waals surface area contributed by atoms with Gasteiger partial charge in [0, 0.05) is 40.6 Å². The highest BCUT2D eigenvalue weighted by Gasteiger charge is 2.51. The van der Waals surface area contributed by atoms with Gasteiger partial charge in [0.1, 0.15) is 11.5 Å². The summed E-state index contributed by atoms with van der Waals surface area (Å²) in [5.41, 5.74) is 14.1. The Morgan fingerprint density at radius 3 is 1.87 bits per heavy atom. The summed E-state index contributed by atoms with van der Waals surface area (Å²) in [5.74, 6) is 3.01. The smallest absolute Gasteiger partial charge is 0.164 e.